The summed E-state index contributed by atoms with van der Waals surface area (Å²) < 4.78 is 13.5. The van der Waals surface area contributed by atoms with Gasteiger partial charge in [-0.25, -0.2) is 10.2 Å². The number of nitrogen functional groups attached to an aromatic ring is 1. The van der Waals surface area contributed by atoms with Gasteiger partial charge in [-0.3, -0.25) is 10.2 Å². The van der Waals surface area contributed by atoms with Crippen LogP contribution in [0.25, 0.3) is 0 Å². The molecule has 0 aliphatic rings. The zero-order valence-corrected chi connectivity index (χ0v) is 11.5. The van der Waals surface area contributed by atoms with Gasteiger partial charge in [-0.2, -0.15) is 11.8 Å². The minimum Gasteiger partial charge on any atom is -0.290 e. The van der Waals surface area contributed by atoms with Crippen molar-refractivity contribution in [2.75, 3.05) is 5.75 Å². The van der Waals surface area contributed by atoms with Crippen LogP contribution in [0.1, 0.15) is 36.2 Å². The smallest absolute Gasteiger partial charge is 0.265 e. The fraction of sp³-hybridized carbons (Fsp3) is 0.462. The maximum Gasteiger partial charge on any atom is 0.265 e. The SMILES string of the molecule is CC(C)CCSCc1cc(C(=O)NN)ccc1F. The molecule has 5 heteroatoms. The quantitative estimate of drug-likeness (QED) is 0.362. The number of nitrogens with two attached hydrogens (primary N) is 1. The second-order valence-corrected chi connectivity index (χ2v) is 5.62. The van der Waals surface area contributed by atoms with Gasteiger partial charge in [0.25, 0.3) is 5.91 Å². The van der Waals surface area contributed by atoms with E-state index in [1.54, 1.807) is 17.8 Å². The molecule has 0 aliphatic carbocycles. The molecule has 1 aromatic rings. The Labute approximate surface area is 111 Å². The fourth-order valence-corrected chi connectivity index (χ4v) is 2.63. The lowest BCUT2D eigenvalue weighted by atomic mass is 10.1. The Morgan fingerprint density at radius 2 is 2.22 bits per heavy atom. The molecule has 0 radical (unpaired) electrons. The van der Waals surface area contributed by atoms with E-state index < -0.39 is 5.91 Å². The maximum atomic E-state index is 13.5. The zero-order valence-electron chi connectivity index (χ0n) is 10.7. The van der Waals surface area contributed by atoms with Gasteiger partial charge < -0.3 is 0 Å². The molecule has 0 heterocycles. The van der Waals surface area contributed by atoms with E-state index in [-0.39, 0.29) is 5.82 Å². The van der Waals surface area contributed by atoms with Crippen molar-refractivity contribution in [3.8, 4) is 0 Å². The number of carbonyl (C=O) groups excluding carboxylic acids is 1. The van der Waals surface area contributed by atoms with Gasteiger partial charge in [-0.05, 0) is 41.9 Å². The second-order valence-electron chi connectivity index (χ2n) is 4.51. The lowest BCUT2D eigenvalue weighted by Crippen LogP contribution is -2.30. The molecule has 1 amide bonds. The van der Waals surface area contributed by atoms with Crippen LogP contribution < -0.4 is 11.3 Å². The second kappa shape index (κ2) is 7.38. The number of halogens is 1. The van der Waals surface area contributed by atoms with Crippen LogP contribution in [-0.2, 0) is 5.75 Å². The van der Waals surface area contributed by atoms with Gasteiger partial charge in [0.05, 0.1) is 0 Å². The molecular formula is C13H19FN2OS. The molecule has 1 rings (SSSR count). The van der Waals surface area contributed by atoms with Gasteiger partial charge in [-0.15, -0.1) is 0 Å². The number of carbonyl (C=O) groups is 1. The number of amides is 1. The first kappa shape index (κ1) is 15.0. The summed E-state index contributed by atoms with van der Waals surface area (Å²) in [7, 11) is 0. The zero-order chi connectivity index (χ0) is 13.5. The first-order chi connectivity index (χ1) is 8.54. The highest BCUT2D eigenvalue weighted by Crippen LogP contribution is 2.19. The summed E-state index contributed by atoms with van der Waals surface area (Å²) in [6.07, 6.45) is 1.11. The molecule has 0 unspecified atom stereocenters. The Kier molecular flexibility index (Phi) is 6.15. The van der Waals surface area contributed by atoms with Crippen LogP contribution in [0.4, 0.5) is 4.39 Å². The fourth-order valence-electron chi connectivity index (χ4n) is 1.41. The van der Waals surface area contributed by atoms with E-state index in [4.69, 9.17) is 5.84 Å². The van der Waals surface area contributed by atoms with E-state index >= 15 is 0 Å². The molecule has 3 N–H and O–H groups in total. The number of thioether (sulfide) groups is 1. The van der Waals surface area contributed by atoms with E-state index in [1.807, 2.05) is 5.43 Å². The molecule has 0 spiro atoms. The lowest BCUT2D eigenvalue weighted by molar-refractivity contribution is 0.0953. The van der Waals surface area contributed by atoms with Crippen molar-refractivity contribution in [3.05, 3.63) is 35.1 Å². The van der Waals surface area contributed by atoms with Crippen molar-refractivity contribution >= 4 is 17.7 Å². The maximum absolute atomic E-state index is 13.5. The molecule has 1 aromatic carbocycles. The van der Waals surface area contributed by atoms with Crippen LogP contribution in [-0.4, -0.2) is 11.7 Å². The highest BCUT2D eigenvalue weighted by molar-refractivity contribution is 7.98. The average Bonchev–Trinajstić information content (AvgIpc) is 2.35. The average molecular weight is 270 g/mol. The molecule has 0 fully saturated rings. The monoisotopic (exact) mass is 270 g/mol. The number of nitrogens with one attached hydrogen (secondary N) is 1. The predicted molar refractivity (Wildman–Crippen MR) is 73.7 cm³/mol. The van der Waals surface area contributed by atoms with E-state index in [1.165, 1.54) is 12.1 Å². The van der Waals surface area contributed by atoms with Crippen molar-refractivity contribution in [2.45, 2.75) is 26.0 Å². The van der Waals surface area contributed by atoms with Gasteiger partial charge in [-0.1, -0.05) is 13.8 Å². The van der Waals surface area contributed by atoms with Gasteiger partial charge in [0.2, 0.25) is 0 Å². The third-order valence-corrected chi connectivity index (χ3v) is 3.58. The molecule has 0 saturated carbocycles. The van der Waals surface area contributed by atoms with Crippen molar-refractivity contribution in [2.24, 2.45) is 11.8 Å². The highest BCUT2D eigenvalue weighted by atomic mass is 32.2. The largest absolute Gasteiger partial charge is 0.290 e. The molecule has 0 atom stereocenters. The lowest BCUT2D eigenvalue weighted by Gasteiger charge is -2.07. The first-order valence-corrected chi connectivity index (χ1v) is 7.07. The summed E-state index contributed by atoms with van der Waals surface area (Å²) in [5, 5.41) is 0. The van der Waals surface area contributed by atoms with Crippen molar-refractivity contribution in [1.29, 1.82) is 0 Å². The normalized spacial score (nSPS) is 10.7. The Morgan fingerprint density at radius 3 is 2.83 bits per heavy atom. The Hall–Kier alpha value is -1.07. The van der Waals surface area contributed by atoms with Gasteiger partial charge in [0, 0.05) is 11.3 Å². The number of benzene rings is 1. The van der Waals surface area contributed by atoms with Gasteiger partial charge in [0.1, 0.15) is 5.82 Å². The predicted octanol–water partition coefficient (Wildman–Crippen LogP) is 2.71. The molecule has 0 aromatic heterocycles. The summed E-state index contributed by atoms with van der Waals surface area (Å²) in [5.41, 5.74) is 2.98. The minimum atomic E-state index is -0.400. The Bertz CT molecular complexity index is 410. The third-order valence-electron chi connectivity index (χ3n) is 2.54. The van der Waals surface area contributed by atoms with Crippen molar-refractivity contribution in [1.82, 2.24) is 5.43 Å². The molecule has 100 valence electrons. The summed E-state index contributed by atoms with van der Waals surface area (Å²) >= 11 is 1.67. The standard InChI is InChI=1S/C13H19FN2OS/c1-9(2)5-6-18-8-11-7-10(13(17)16-15)3-4-12(11)14/h3-4,7,9H,5-6,8,15H2,1-2H3,(H,16,17). The van der Waals surface area contributed by atoms with E-state index in [0.29, 0.717) is 22.8 Å². The van der Waals surface area contributed by atoms with Crippen molar-refractivity contribution in [3.63, 3.8) is 0 Å². The molecule has 18 heavy (non-hydrogen) atoms. The minimum absolute atomic E-state index is 0.277. The molecular weight excluding hydrogens is 251 g/mol. The van der Waals surface area contributed by atoms with E-state index in [2.05, 4.69) is 13.8 Å². The van der Waals surface area contributed by atoms with Crippen molar-refractivity contribution < 1.29 is 9.18 Å². The first-order valence-electron chi connectivity index (χ1n) is 5.91. The number of rotatable bonds is 6. The van der Waals surface area contributed by atoms with Crippen LogP contribution in [0.5, 0.6) is 0 Å². The van der Waals surface area contributed by atoms with Crippen LogP contribution >= 0.6 is 11.8 Å². The van der Waals surface area contributed by atoms with Crippen LogP contribution in [0.3, 0.4) is 0 Å². The van der Waals surface area contributed by atoms with Gasteiger partial charge >= 0.3 is 0 Å². The summed E-state index contributed by atoms with van der Waals surface area (Å²) in [4.78, 5) is 11.3. The molecule has 0 aliphatic heterocycles. The number of hydrogen-bond donors (Lipinski definition) is 2. The third kappa shape index (κ3) is 4.66. The van der Waals surface area contributed by atoms with Crippen LogP contribution in [0.2, 0.25) is 0 Å². The molecule has 3 nitrogen and oxygen atoms in total. The summed E-state index contributed by atoms with van der Waals surface area (Å²) in [6, 6.07) is 4.29. The highest BCUT2D eigenvalue weighted by Gasteiger charge is 2.08. The van der Waals surface area contributed by atoms with Crippen LogP contribution in [0.15, 0.2) is 18.2 Å². The number of hydrogen-bond acceptors (Lipinski definition) is 3. The number of hydrazine groups is 1. The van der Waals surface area contributed by atoms with E-state index in [0.717, 1.165) is 12.2 Å². The topological polar surface area (TPSA) is 55.1 Å². The van der Waals surface area contributed by atoms with E-state index in [9.17, 15) is 9.18 Å². The Morgan fingerprint density at radius 1 is 1.50 bits per heavy atom. The molecule has 0 bridgehead atoms. The molecule has 0 saturated heterocycles. The van der Waals surface area contributed by atoms with Crippen LogP contribution in [0, 0.1) is 11.7 Å². The summed E-state index contributed by atoms with van der Waals surface area (Å²) in [6.45, 7) is 4.32. The van der Waals surface area contributed by atoms with Gasteiger partial charge in [0.15, 0.2) is 0 Å². The Balaban J connectivity index is 2.61. The summed E-state index contributed by atoms with van der Waals surface area (Å²) in [5.74, 6) is 6.59.